The van der Waals surface area contributed by atoms with Crippen molar-refractivity contribution in [2.75, 3.05) is 0 Å². The van der Waals surface area contributed by atoms with Crippen LogP contribution in [0.4, 0.5) is 0 Å². The van der Waals surface area contributed by atoms with Crippen molar-refractivity contribution in [2.45, 2.75) is 32.4 Å². The first kappa shape index (κ1) is 13.6. The third kappa shape index (κ3) is 5.11. The maximum atomic E-state index is 11.3. The van der Waals surface area contributed by atoms with E-state index in [9.17, 15) is 14.4 Å². The van der Waals surface area contributed by atoms with Crippen LogP contribution in [0.5, 0.6) is 0 Å². The van der Waals surface area contributed by atoms with Gasteiger partial charge in [0.05, 0.1) is 18.5 Å². The van der Waals surface area contributed by atoms with E-state index in [0.717, 1.165) is 0 Å². The third-order valence-corrected chi connectivity index (χ3v) is 1.91. The molecule has 0 aromatic rings. The molecule has 0 aliphatic heterocycles. The largest absolute Gasteiger partial charge is 0.481 e. The number of carbonyl (C=O) groups is 3. The Hall–Kier alpha value is -1.43. The first-order valence-electron chi connectivity index (χ1n) is 4.61. The molecule has 0 aliphatic rings. The van der Waals surface area contributed by atoms with Gasteiger partial charge >= 0.3 is 5.97 Å². The standard InChI is InChI=1S/C9H16N2O4/c1-5(2)8(10)9(15)11-6(4-12)3-7(13)14/h4-6,8H,3,10H2,1-2H3,(H,11,15)(H,13,14)/t6-,8-/m0/s1. The Morgan fingerprint density at radius 2 is 2.00 bits per heavy atom. The summed E-state index contributed by atoms with van der Waals surface area (Å²) in [5, 5.41) is 10.7. The van der Waals surface area contributed by atoms with Gasteiger partial charge in [-0.25, -0.2) is 0 Å². The monoisotopic (exact) mass is 216 g/mol. The van der Waals surface area contributed by atoms with E-state index in [2.05, 4.69) is 5.32 Å². The summed E-state index contributed by atoms with van der Waals surface area (Å²) >= 11 is 0. The lowest BCUT2D eigenvalue weighted by atomic mass is 10.0. The van der Waals surface area contributed by atoms with Crippen LogP contribution in [-0.2, 0) is 14.4 Å². The molecule has 0 aromatic heterocycles. The molecule has 0 heterocycles. The average Bonchev–Trinajstić information content (AvgIpc) is 2.14. The highest BCUT2D eigenvalue weighted by molar-refractivity contribution is 5.86. The number of aldehydes is 1. The predicted molar refractivity (Wildman–Crippen MR) is 53.1 cm³/mol. The second-order valence-corrected chi connectivity index (χ2v) is 3.62. The molecule has 0 aromatic carbocycles. The molecule has 6 nitrogen and oxygen atoms in total. The Bertz CT molecular complexity index is 252. The minimum absolute atomic E-state index is 0.0675. The summed E-state index contributed by atoms with van der Waals surface area (Å²) in [5.74, 6) is -1.73. The van der Waals surface area contributed by atoms with E-state index < -0.39 is 30.4 Å². The Labute approximate surface area is 87.8 Å². The number of carboxylic acid groups (broad SMARTS) is 1. The van der Waals surface area contributed by atoms with Crippen molar-refractivity contribution in [1.82, 2.24) is 5.32 Å². The normalized spacial score (nSPS) is 14.4. The zero-order chi connectivity index (χ0) is 12.0. The van der Waals surface area contributed by atoms with Crippen molar-refractivity contribution < 1.29 is 19.5 Å². The van der Waals surface area contributed by atoms with E-state index in [1.165, 1.54) is 0 Å². The van der Waals surface area contributed by atoms with Gasteiger partial charge < -0.3 is 21.0 Å². The number of hydrogen-bond donors (Lipinski definition) is 3. The van der Waals surface area contributed by atoms with Crippen LogP contribution in [-0.4, -0.2) is 35.4 Å². The summed E-state index contributed by atoms with van der Waals surface area (Å²) < 4.78 is 0. The number of amides is 1. The number of carboxylic acids is 1. The molecule has 0 fully saturated rings. The molecule has 0 saturated carbocycles. The smallest absolute Gasteiger partial charge is 0.305 e. The number of nitrogens with two attached hydrogens (primary N) is 1. The van der Waals surface area contributed by atoms with Crippen LogP contribution in [0.25, 0.3) is 0 Å². The Morgan fingerprint density at radius 3 is 2.33 bits per heavy atom. The highest BCUT2D eigenvalue weighted by atomic mass is 16.4. The maximum absolute atomic E-state index is 11.3. The van der Waals surface area contributed by atoms with Gasteiger partial charge in [0.1, 0.15) is 6.29 Å². The predicted octanol–water partition coefficient (Wildman–Crippen LogP) is -0.872. The van der Waals surface area contributed by atoms with Crippen LogP contribution in [0.1, 0.15) is 20.3 Å². The molecule has 0 rings (SSSR count). The van der Waals surface area contributed by atoms with Crippen molar-refractivity contribution in [2.24, 2.45) is 11.7 Å². The van der Waals surface area contributed by atoms with E-state index in [1.807, 2.05) is 0 Å². The minimum Gasteiger partial charge on any atom is -0.481 e. The lowest BCUT2D eigenvalue weighted by Crippen LogP contribution is -2.48. The van der Waals surface area contributed by atoms with Crippen molar-refractivity contribution in [1.29, 1.82) is 0 Å². The number of nitrogens with one attached hydrogen (secondary N) is 1. The second-order valence-electron chi connectivity index (χ2n) is 3.62. The SMILES string of the molecule is CC(C)[C@H](N)C(=O)N[C@H](C=O)CC(=O)O. The third-order valence-electron chi connectivity index (χ3n) is 1.91. The quantitative estimate of drug-likeness (QED) is 0.500. The van der Waals surface area contributed by atoms with Gasteiger partial charge in [0.2, 0.25) is 5.91 Å². The molecule has 86 valence electrons. The lowest BCUT2D eigenvalue weighted by molar-refractivity contribution is -0.138. The molecule has 15 heavy (non-hydrogen) atoms. The molecule has 0 bridgehead atoms. The molecular formula is C9H16N2O4. The van der Waals surface area contributed by atoms with Crippen molar-refractivity contribution in [3.05, 3.63) is 0 Å². The minimum atomic E-state index is -1.15. The summed E-state index contributed by atoms with van der Waals surface area (Å²) in [6.07, 6.45) is -0.0425. The van der Waals surface area contributed by atoms with Crippen LogP contribution in [0, 0.1) is 5.92 Å². The van der Waals surface area contributed by atoms with Gasteiger partial charge in [0.15, 0.2) is 0 Å². The van der Waals surface area contributed by atoms with Gasteiger partial charge in [-0.3, -0.25) is 9.59 Å². The Balaban J connectivity index is 4.24. The van der Waals surface area contributed by atoms with Gasteiger partial charge in [-0.2, -0.15) is 0 Å². The molecule has 0 radical (unpaired) electrons. The molecule has 2 atom stereocenters. The molecule has 0 aliphatic carbocycles. The molecule has 1 amide bonds. The summed E-state index contributed by atoms with van der Waals surface area (Å²) in [4.78, 5) is 32.1. The topological polar surface area (TPSA) is 109 Å². The zero-order valence-corrected chi connectivity index (χ0v) is 8.77. The maximum Gasteiger partial charge on any atom is 0.305 e. The second kappa shape index (κ2) is 6.13. The first-order chi connectivity index (χ1) is 6.88. The van der Waals surface area contributed by atoms with E-state index in [-0.39, 0.29) is 5.92 Å². The van der Waals surface area contributed by atoms with Crippen LogP contribution >= 0.6 is 0 Å². The number of carbonyl (C=O) groups excluding carboxylic acids is 2. The van der Waals surface area contributed by atoms with E-state index in [0.29, 0.717) is 6.29 Å². The van der Waals surface area contributed by atoms with E-state index in [4.69, 9.17) is 10.8 Å². The average molecular weight is 216 g/mol. The van der Waals surface area contributed by atoms with Gasteiger partial charge in [-0.1, -0.05) is 13.8 Å². The fourth-order valence-electron chi connectivity index (χ4n) is 0.903. The van der Waals surface area contributed by atoms with Crippen LogP contribution in [0.15, 0.2) is 0 Å². The van der Waals surface area contributed by atoms with Gasteiger partial charge in [0, 0.05) is 0 Å². The van der Waals surface area contributed by atoms with Crippen molar-refractivity contribution in [3.63, 3.8) is 0 Å². The van der Waals surface area contributed by atoms with E-state index >= 15 is 0 Å². The van der Waals surface area contributed by atoms with Crippen molar-refractivity contribution >= 4 is 18.2 Å². The zero-order valence-electron chi connectivity index (χ0n) is 8.77. The molecule has 6 heteroatoms. The van der Waals surface area contributed by atoms with Gasteiger partial charge in [-0.05, 0) is 5.92 Å². The molecule has 0 saturated heterocycles. The number of aliphatic carboxylic acids is 1. The highest BCUT2D eigenvalue weighted by Gasteiger charge is 2.21. The first-order valence-corrected chi connectivity index (χ1v) is 4.61. The molecular weight excluding hydrogens is 200 g/mol. The number of rotatable bonds is 6. The van der Waals surface area contributed by atoms with Crippen LogP contribution in [0.3, 0.4) is 0 Å². The lowest BCUT2D eigenvalue weighted by Gasteiger charge is -2.17. The fourth-order valence-corrected chi connectivity index (χ4v) is 0.903. The summed E-state index contributed by atoms with van der Waals surface area (Å²) in [5.41, 5.74) is 5.52. The molecule has 0 spiro atoms. The molecule has 0 unspecified atom stereocenters. The molecule has 4 N–H and O–H groups in total. The Kier molecular flexibility index (Phi) is 5.54. The van der Waals surface area contributed by atoms with Gasteiger partial charge in [0.25, 0.3) is 0 Å². The van der Waals surface area contributed by atoms with Crippen LogP contribution < -0.4 is 11.1 Å². The fraction of sp³-hybridized carbons (Fsp3) is 0.667. The van der Waals surface area contributed by atoms with Crippen LogP contribution in [0.2, 0.25) is 0 Å². The van der Waals surface area contributed by atoms with Gasteiger partial charge in [-0.15, -0.1) is 0 Å². The summed E-state index contributed by atoms with van der Waals surface area (Å²) in [6.45, 7) is 3.52. The summed E-state index contributed by atoms with van der Waals surface area (Å²) in [7, 11) is 0. The summed E-state index contributed by atoms with van der Waals surface area (Å²) in [6, 6.07) is -1.75. The van der Waals surface area contributed by atoms with Crippen molar-refractivity contribution in [3.8, 4) is 0 Å². The van der Waals surface area contributed by atoms with E-state index in [1.54, 1.807) is 13.8 Å². The highest BCUT2D eigenvalue weighted by Crippen LogP contribution is 1.99. The Morgan fingerprint density at radius 1 is 1.47 bits per heavy atom. The number of hydrogen-bond acceptors (Lipinski definition) is 4.